The number of ether oxygens (including phenoxy) is 1. The Hall–Kier alpha value is -3.91. The number of hydrogen-bond donors (Lipinski definition) is 1. The van der Waals surface area contributed by atoms with Crippen LogP contribution >= 0.6 is 0 Å². The maximum absolute atomic E-state index is 14.3. The Morgan fingerprint density at radius 3 is 2.56 bits per heavy atom. The van der Waals surface area contributed by atoms with Gasteiger partial charge in [-0.25, -0.2) is 0 Å². The molecule has 0 saturated carbocycles. The molecule has 0 bridgehead atoms. The van der Waals surface area contributed by atoms with Crippen molar-refractivity contribution in [3.8, 4) is 0 Å². The third-order valence-corrected chi connectivity index (χ3v) is 6.93. The minimum atomic E-state index is -1.78. The topological polar surface area (TPSA) is 100 Å². The number of benzene rings is 2. The van der Waals surface area contributed by atoms with Gasteiger partial charge < -0.3 is 24.1 Å². The Balaban J connectivity index is 1.71. The van der Waals surface area contributed by atoms with Gasteiger partial charge in [0, 0.05) is 37.8 Å². The number of amides is 2. The van der Waals surface area contributed by atoms with Crippen LogP contribution in [0.2, 0.25) is 0 Å². The van der Waals surface area contributed by atoms with Crippen molar-refractivity contribution in [1.82, 2.24) is 4.90 Å². The van der Waals surface area contributed by atoms with Crippen molar-refractivity contribution in [2.45, 2.75) is 31.7 Å². The van der Waals surface area contributed by atoms with Gasteiger partial charge in [-0.2, -0.15) is 0 Å². The molecule has 8 nitrogen and oxygen atoms in total. The normalized spacial score (nSPS) is 19.3. The van der Waals surface area contributed by atoms with E-state index in [2.05, 4.69) is 0 Å². The van der Waals surface area contributed by atoms with Crippen LogP contribution in [0.5, 0.6) is 0 Å². The fourth-order valence-corrected chi connectivity index (χ4v) is 5.29. The van der Waals surface area contributed by atoms with E-state index in [1.54, 1.807) is 48.4 Å². The zero-order valence-corrected chi connectivity index (χ0v) is 20.3. The van der Waals surface area contributed by atoms with Crippen LogP contribution in [0.4, 0.5) is 5.69 Å². The molecule has 2 aliphatic heterocycles. The smallest absolute Gasteiger partial charge is 0.290 e. The third-order valence-electron chi connectivity index (χ3n) is 6.93. The number of hydrogen-bond acceptors (Lipinski definition) is 6. The van der Waals surface area contributed by atoms with E-state index in [4.69, 9.17) is 9.15 Å². The number of furan rings is 1. The van der Waals surface area contributed by atoms with Crippen molar-refractivity contribution >= 4 is 34.3 Å². The van der Waals surface area contributed by atoms with Crippen LogP contribution in [0, 0.1) is 0 Å². The molecular weight excluding hydrogens is 460 g/mol. The number of carbonyl (C=O) groups excluding carboxylic acids is 3. The largest absolute Gasteiger partial charge is 0.503 e. The first-order chi connectivity index (χ1) is 17.5. The number of aliphatic hydroxyl groups is 1. The van der Waals surface area contributed by atoms with Gasteiger partial charge in [0.1, 0.15) is 5.58 Å². The first kappa shape index (κ1) is 23.8. The molecule has 1 aromatic heterocycles. The van der Waals surface area contributed by atoms with E-state index in [0.29, 0.717) is 41.8 Å². The summed E-state index contributed by atoms with van der Waals surface area (Å²) in [5, 5.41) is 11.9. The molecule has 5 rings (SSSR count). The van der Waals surface area contributed by atoms with Crippen LogP contribution in [0.25, 0.3) is 11.0 Å². The summed E-state index contributed by atoms with van der Waals surface area (Å²) in [6.45, 7) is 2.93. The highest BCUT2D eigenvalue weighted by molar-refractivity contribution is 6.26. The third kappa shape index (κ3) is 3.36. The second kappa shape index (κ2) is 9.28. The molecule has 186 valence electrons. The van der Waals surface area contributed by atoms with Gasteiger partial charge in [-0.15, -0.1) is 0 Å². The van der Waals surface area contributed by atoms with E-state index in [1.807, 2.05) is 25.1 Å². The van der Waals surface area contributed by atoms with Crippen molar-refractivity contribution in [1.29, 1.82) is 0 Å². The molecule has 3 heterocycles. The summed E-state index contributed by atoms with van der Waals surface area (Å²) in [7, 11) is 1.55. The lowest BCUT2D eigenvalue weighted by Crippen LogP contribution is -2.54. The maximum atomic E-state index is 14.3. The summed E-state index contributed by atoms with van der Waals surface area (Å²) in [5.41, 5.74) is -0.417. The van der Waals surface area contributed by atoms with E-state index in [1.165, 1.54) is 4.90 Å². The molecule has 1 unspecified atom stereocenters. The van der Waals surface area contributed by atoms with Gasteiger partial charge in [0.15, 0.2) is 17.1 Å². The van der Waals surface area contributed by atoms with E-state index in [9.17, 15) is 19.5 Å². The summed E-state index contributed by atoms with van der Waals surface area (Å²) in [6, 6.07) is 15.9. The predicted octanol–water partition coefficient (Wildman–Crippen LogP) is 4.35. The summed E-state index contributed by atoms with van der Waals surface area (Å²) < 4.78 is 11.0. The number of anilines is 1. The molecule has 0 saturated heterocycles. The lowest BCUT2D eigenvalue weighted by molar-refractivity contribution is -0.140. The number of para-hydroxylation sites is 2. The van der Waals surface area contributed by atoms with Gasteiger partial charge >= 0.3 is 0 Å². The zero-order valence-electron chi connectivity index (χ0n) is 20.3. The number of aliphatic hydroxyl groups excluding tert-OH is 1. The lowest BCUT2D eigenvalue weighted by Gasteiger charge is -2.35. The molecule has 1 atom stereocenters. The molecule has 0 fully saturated rings. The monoisotopic (exact) mass is 488 g/mol. The SMILES string of the molecule is CCCCN1C(=O)C2(C(C(=O)c3cc4ccccc4o3)=C(O)C(=O)N2CCCOC)c2ccccc21. The number of nitrogens with zero attached hydrogens (tertiary/aromatic N) is 2. The first-order valence-corrected chi connectivity index (χ1v) is 12.2. The van der Waals surface area contributed by atoms with Gasteiger partial charge in [0.25, 0.3) is 11.8 Å². The Kier molecular flexibility index (Phi) is 6.14. The van der Waals surface area contributed by atoms with Crippen molar-refractivity contribution < 1.29 is 28.6 Å². The fourth-order valence-electron chi connectivity index (χ4n) is 5.29. The Bertz CT molecular complexity index is 1360. The van der Waals surface area contributed by atoms with E-state index < -0.39 is 28.9 Å². The second-order valence-electron chi connectivity index (χ2n) is 9.04. The molecule has 2 aliphatic rings. The number of fused-ring (bicyclic) bond motifs is 3. The summed E-state index contributed by atoms with van der Waals surface area (Å²) >= 11 is 0. The minimum Gasteiger partial charge on any atom is -0.503 e. The average Bonchev–Trinajstić information content (AvgIpc) is 3.50. The van der Waals surface area contributed by atoms with Crippen LogP contribution in [0.3, 0.4) is 0 Å². The number of carbonyl (C=O) groups is 3. The van der Waals surface area contributed by atoms with E-state index in [-0.39, 0.29) is 17.9 Å². The predicted molar refractivity (Wildman–Crippen MR) is 134 cm³/mol. The van der Waals surface area contributed by atoms with Crippen molar-refractivity contribution in [3.63, 3.8) is 0 Å². The summed E-state index contributed by atoms with van der Waals surface area (Å²) in [6.07, 6.45) is 2.03. The standard InChI is InChI=1S/C28H28N2O6/c1-3-4-14-29-20-12-7-6-11-19(20)28(27(29)34)23(25(32)26(33)30(28)15-9-16-35-2)24(31)22-17-18-10-5-8-13-21(18)36-22/h5-8,10-13,17,32H,3-4,9,14-16H2,1-2H3. The Morgan fingerprint density at radius 2 is 1.81 bits per heavy atom. The van der Waals surface area contributed by atoms with Crippen molar-refractivity contribution in [2.75, 3.05) is 31.7 Å². The molecule has 1 spiro atoms. The number of ketones is 1. The number of methoxy groups -OCH3 is 1. The second-order valence-corrected chi connectivity index (χ2v) is 9.04. The molecule has 36 heavy (non-hydrogen) atoms. The molecule has 0 radical (unpaired) electrons. The van der Waals surface area contributed by atoms with Crippen LogP contribution < -0.4 is 4.90 Å². The van der Waals surface area contributed by atoms with Gasteiger partial charge in [-0.3, -0.25) is 14.4 Å². The highest BCUT2D eigenvalue weighted by atomic mass is 16.5. The number of rotatable bonds is 9. The molecule has 8 heteroatoms. The molecular formula is C28H28N2O6. The molecule has 2 amide bonds. The van der Waals surface area contributed by atoms with Crippen LogP contribution in [0.1, 0.15) is 42.3 Å². The van der Waals surface area contributed by atoms with Crippen LogP contribution in [-0.2, 0) is 19.9 Å². The zero-order chi connectivity index (χ0) is 25.4. The molecule has 0 aliphatic carbocycles. The van der Waals surface area contributed by atoms with E-state index in [0.717, 1.165) is 12.8 Å². The van der Waals surface area contributed by atoms with Crippen molar-refractivity contribution in [2.24, 2.45) is 0 Å². The van der Waals surface area contributed by atoms with Crippen LogP contribution in [-0.4, -0.2) is 54.4 Å². The fraction of sp³-hybridized carbons (Fsp3) is 0.321. The van der Waals surface area contributed by atoms with E-state index >= 15 is 0 Å². The molecule has 3 aromatic rings. The van der Waals surface area contributed by atoms with Gasteiger partial charge in [0.2, 0.25) is 5.78 Å². The number of unbranched alkanes of at least 4 members (excludes halogenated alkanes) is 1. The maximum Gasteiger partial charge on any atom is 0.290 e. The quantitative estimate of drug-likeness (QED) is 0.355. The molecule has 1 N–H and O–H groups in total. The van der Waals surface area contributed by atoms with Crippen molar-refractivity contribution in [3.05, 3.63) is 77.3 Å². The van der Waals surface area contributed by atoms with Gasteiger partial charge in [-0.05, 0) is 31.0 Å². The lowest BCUT2D eigenvalue weighted by atomic mass is 9.81. The summed E-state index contributed by atoms with van der Waals surface area (Å²) in [5.74, 6) is -2.64. The van der Waals surface area contributed by atoms with Crippen LogP contribution in [0.15, 0.2) is 70.3 Å². The Labute approximate surface area is 208 Å². The van der Waals surface area contributed by atoms with Gasteiger partial charge in [0.05, 0.1) is 11.3 Å². The highest BCUT2D eigenvalue weighted by Crippen LogP contribution is 2.53. The first-order valence-electron chi connectivity index (χ1n) is 12.2. The number of Topliss-reactive ketones (excluding diaryl/α,β-unsaturated/α-hetero) is 1. The summed E-state index contributed by atoms with van der Waals surface area (Å²) in [4.78, 5) is 44.7. The van der Waals surface area contributed by atoms with Gasteiger partial charge in [-0.1, -0.05) is 49.7 Å². The average molecular weight is 489 g/mol. The highest BCUT2D eigenvalue weighted by Gasteiger charge is 2.65. The Morgan fingerprint density at radius 1 is 1.06 bits per heavy atom. The molecule has 2 aromatic carbocycles. The minimum absolute atomic E-state index is 0.0408.